The number of unbranched alkanes of at least 4 members (excludes halogenated alkanes) is 1. The van der Waals surface area contributed by atoms with Gasteiger partial charge in [0.2, 0.25) is 0 Å². The quantitative estimate of drug-likeness (QED) is 0.138. The Bertz CT molecular complexity index is 1860. The Morgan fingerprint density at radius 2 is 1.73 bits per heavy atom. The van der Waals surface area contributed by atoms with E-state index in [9.17, 15) is 24.3 Å². The molecule has 3 N–H and O–H groups in total. The van der Waals surface area contributed by atoms with Gasteiger partial charge in [0.25, 0.3) is 5.67 Å². The highest BCUT2D eigenvalue weighted by atomic mass is 19.1. The number of ketones is 2. The molecular formula is C43H65FN6O10. The second-order valence-electron chi connectivity index (χ2n) is 17.8. The number of benzene rings is 1. The zero-order chi connectivity index (χ0) is 44.5. The van der Waals surface area contributed by atoms with E-state index in [4.69, 9.17) is 29.4 Å². The Morgan fingerprint density at radius 3 is 2.37 bits per heavy atom. The number of likely N-dealkylation sites (N-methyl/N-ethyl adjacent to an activating group) is 1. The SMILES string of the molecule is CCC1OC(=O)[C@](C)(F)C(=O)[C@H](C)[C@@H](O[C@@H]2O[C@H](C)C[C@H](N(C)C)[C@H]2O)[C@](C)(OC)C[C@@H](C)C(=O)[C@@H](C)[C@H]2N(CCCCn3cc(-c4cccc(N)c4)nn3)C(=O)O[C@]12C. The maximum absolute atomic E-state index is 16.9. The molecule has 0 saturated carbocycles. The van der Waals surface area contributed by atoms with Gasteiger partial charge < -0.3 is 44.3 Å². The Hall–Kier alpha value is -4.03. The minimum Gasteiger partial charge on any atom is -0.455 e. The van der Waals surface area contributed by atoms with Gasteiger partial charge in [-0.15, -0.1) is 5.10 Å². The number of aliphatic hydroxyl groups excluding tert-OH is 1. The highest BCUT2D eigenvalue weighted by Gasteiger charge is 2.61. The van der Waals surface area contributed by atoms with Crippen molar-refractivity contribution in [1.82, 2.24) is 24.8 Å². The molecule has 1 aromatic carbocycles. The number of nitrogen functional groups attached to an aromatic ring is 1. The minimum atomic E-state index is -3.19. The summed E-state index contributed by atoms with van der Waals surface area (Å²) in [6.45, 7) is 13.1. The summed E-state index contributed by atoms with van der Waals surface area (Å²) < 4.78 is 49.2. The summed E-state index contributed by atoms with van der Waals surface area (Å²) in [5, 5.41) is 19.9. The third-order valence-corrected chi connectivity index (χ3v) is 12.9. The number of esters is 1. The number of methoxy groups -OCH3 is 1. The molecule has 5 rings (SSSR count). The summed E-state index contributed by atoms with van der Waals surface area (Å²) in [4.78, 5) is 60.1. The van der Waals surface area contributed by atoms with Gasteiger partial charge in [0.15, 0.2) is 17.7 Å². The lowest BCUT2D eigenvalue weighted by Gasteiger charge is -2.47. The third kappa shape index (κ3) is 9.39. The third-order valence-electron chi connectivity index (χ3n) is 12.9. The molecule has 2 aromatic rings. The molecule has 3 saturated heterocycles. The zero-order valence-corrected chi connectivity index (χ0v) is 36.9. The number of nitrogens with two attached hydrogens (primary N) is 1. The van der Waals surface area contributed by atoms with Crippen LogP contribution in [0.1, 0.15) is 87.5 Å². The molecule has 17 heteroatoms. The number of Topliss-reactive ketones (excluding diaryl/α,β-unsaturated/α-hetero) is 2. The van der Waals surface area contributed by atoms with Crippen LogP contribution in [-0.2, 0) is 44.6 Å². The lowest BCUT2D eigenvalue weighted by atomic mass is 9.73. The number of nitrogens with zero attached hydrogens (tertiary/aromatic N) is 5. The second kappa shape index (κ2) is 18.5. The first-order valence-corrected chi connectivity index (χ1v) is 21.0. The summed E-state index contributed by atoms with van der Waals surface area (Å²) in [5.41, 5.74) is 1.80. The molecule has 1 aromatic heterocycles. The largest absolute Gasteiger partial charge is 0.455 e. The summed E-state index contributed by atoms with van der Waals surface area (Å²) in [6.07, 6.45) is -2.57. The Labute approximate surface area is 352 Å². The van der Waals surface area contributed by atoms with Gasteiger partial charge in [-0.1, -0.05) is 45.0 Å². The van der Waals surface area contributed by atoms with Gasteiger partial charge in [0, 0.05) is 55.2 Å². The summed E-state index contributed by atoms with van der Waals surface area (Å²) >= 11 is 0. The Kier molecular flexibility index (Phi) is 14.5. The van der Waals surface area contributed by atoms with Crippen molar-refractivity contribution < 1.29 is 52.4 Å². The van der Waals surface area contributed by atoms with Crippen LogP contribution in [0.2, 0.25) is 0 Å². The van der Waals surface area contributed by atoms with E-state index in [1.54, 1.807) is 45.4 Å². The van der Waals surface area contributed by atoms with Crippen molar-refractivity contribution in [3.8, 4) is 11.3 Å². The molecule has 1 amide bonds. The molecule has 60 heavy (non-hydrogen) atoms. The number of carbonyl (C=O) groups excluding carboxylic acids is 4. The van der Waals surface area contributed by atoms with Crippen LogP contribution < -0.4 is 5.73 Å². The molecule has 334 valence electrons. The fraction of sp³-hybridized carbons (Fsp3) is 0.721. The van der Waals surface area contributed by atoms with Crippen molar-refractivity contribution in [2.75, 3.05) is 33.5 Å². The van der Waals surface area contributed by atoms with E-state index in [1.807, 2.05) is 50.3 Å². The van der Waals surface area contributed by atoms with Crippen molar-refractivity contribution in [1.29, 1.82) is 0 Å². The number of alkyl halides is 1. The first-order chi connectivity index (χ1) is 28.1. The van der Waals surface area contributed by atoms with E-state index in [0.717, 1.165) is 12.5 Å². The predicted octanol–water partition coefficient (Wildman–Crippen LogP) is 4.60. The van der Waals surface area contributed by atoms with Gasteiger partial charge in [-0.25, -0.2) is 14.0 Å². The number of anilines is 1. The van der Waals surface area contributed by atoms with Gasteiger partial charge in [-0.3, -0.25) is 14.3 Å². The number of rotatable bonds is 11. The van der Waals surface area contributed by atoms with Gasteiger partial charge in [-0.05, 0) is 86.0 Å². The fourth-order valence-corrected chi connectivity index (χ4v) is 9.51. The van der Waals surface area contributed by atoms with Crippen LogP contribution in [0, 0.1) is 17.8 Å². The van der Waals surface area contributed by atoms with Crippen molar-refractivity contribution in [3.63, 3.8) is 0 Å². The average molecular weight is 845 g/mol. The lowest BCUT2D eigenvalue weighted by molar-refractivity contribution is -0.295. The molecule has 13 atom stereocenters. The first kappa shape index (κ1) is 47.0. The van der Waals surface area contributed by atoms with Crippen molar-refractivity contribution in [3.05, 3.63) is 30.5 Å². The van der Waals surface area contributed by atoms with E-state index >= 15 is 4.39 Å². The molecule has 0 radical (unpaired) electrons. The lowest BCUT2D eigenvalue weighted by Crippen LogP contribution is -2.61. The molecule has 4 heterocycles. The number of amides is 1. The molecule has 0 aliphatic carbocycles. The van der Waals surface area contributed by atoms with Crippen LogP contribution in [0.3, 0.4) is 0 Å². The number of aromatic nitrogens is 3. The minimum absolute atomic E-state index is 0.0111. The molecule has 0 bridgehead atoms. The van der Waals surface area contributed by atoms with Crippen LogP contribution in [0.5, 0.6) is 0 Å². The van der Waals surface area contributed by atoms with E-state index in [2.05, 4.69) is 10.3 Å². The zero-order valence-electron chi connectivity index (χ0n) is 36.9. The van der Waals surface area contributed by atoms with Crippen molar-refractivity contribution in [2.24, 2.45) is 17.8 Å². The summed E-state index contributed by atoms with van der Waals surface area (Å²) in [7, 11) is 5.04. The summed E-state index contributed by atoms with van der Waals surface area (Å²) in [6, 6.07) is 6.02. The number of hydrogen-bond acceptors (Lipinski definition) is 14. The van der Waals surface area contributed by atoms with Gasteiger partial charge in [0.05, 0.1) is 30.0 Å². The number of carbonyl (C=O) groups is 4. The average Bonchev–Trinajstić information content (AvgIpc) is 3.78. The highest BCUT2D eigenvalue weighted by molar-refractivity contribution is 6.08. The van der Waals surface area contributed by atoms with Crippen LogP contribution >= 0.6 is 0 Å². The van der Waals surface area contributed by atoms with E-state index < -0.39 is 83.1 Å². The molecule has 3 aliphatic heterocycles. The second-order valence-corrected chi connectivity index (χ2v) is 17.8. The smallest absolute Gasteiger partial charge is 0.410 e. The predicted molar refractivity (Wildman–Crippen MR) is 219 cm³/mol. The molecule has 16 nitrogen and oxygen atoms in total. The highest BCUT2D eigenvalue weighted by Crippen LogP contribution is 2.44. The maximum atomic E-state index is 16.9. The number of cyclic esters (lactones) is 1. The van der Waals surface area contributed by atoms with Crippen LogP contribution in [0.25, 0.3) is 11.3 Å². The fourth-order valence-electron chi connectivity index (χ4n) is 9.51. The van der Waals surface area contributed by atoms with Crippen LogP contribution in [0.15, 0.2) is 30.5 Å². The van der Waals surface area contributed by atoms with Gasteiger partial charge >= 0.3 is 12.1 Å². The summed E-state index contributed by atoms with van der Waals surface area (Å²) in [5.74, 6) is -5.85. The number of ether oxygens (including phenoxy) is 5. The first-order valence-electron chi connectivity index (χ1n) is 21.0. The number of hydrogen-bond donors (Lipinski definition) is 2. The van der Waals surface area contributed by atoms with Gasteiger partial charge in [-0.2, -0.15) is 0 Å². The number of halogens is 1. The molecule has 0 spiro atoms. The number of aliphatic hydroxyl groups is 1. The number of fused-ring (bicyclic) bond motifs is 1. The van der Waals surface area contributed by atoms with Crippen molar-refractivity contribution in [2.45, 2.75) is 154 Å². The maximum Gasteiger partial charge on any atom is 0.410 e. The molecular weight excluding hydrogens is 780 g/mol. The monoisotopic (exact) mass is 844 g/mol. The van der Waals surface area contributed by atoms with Crippen LogP contribution in [0.4, 0.5) is 14.9 Å². The molecule has 3 aliphatic rings. The van der Waals surface area contributed by atoms with E-state index in [0.29, 0.717) is 37.2 Å². The topological polar surface area (TPSA) is 198 Å². The Morgan fingerprint density at radius 1 is 1.05 bits per heavy atom. The van der Waals surface area contributed by atoms with Crippen LogP contribution in [-0.4, -0.2) is 141 Å². The normalized spacial score (nSPS) is 37.1. The molecule has 1 unspecified atom stereocenters. The van der Waals surface area contributed by atoms with E-state index in [-0.39, 0.29) is 37.3 Å². The Balaban J connectivity index is 1.45. The van der Waals surface area contributed by atoms with Gasteiger partial charge in [0.1, 0.15) is 23.7 Å². The molecule has 3 fully saturated rings. The van der Waals surface area contributed by atoms with E-state index in [1.165, 1.54) is 18.9 Å². The van der Waals surface area contributed by atoms with Crippen molar-refractivity contribution >= 4 is 29.3 Å². The number of aryl methyl sites for hydroxylation is 1. The standard InChI is InChI=1S/C43H65FN6O10/c1-12-32-43(8)35(50(40(55)60-43)19-14-13-18-49-23-30(46-47-49)28-16-15-17-29(45)21-28)26(4)33(51)24(2)22-41(6,56-11)37(27(5)36(53)42(7,44)39(54)58-32)59-38-34(52)31(48(9)10)20-25(3)57-38/h15-17,21,23-27,31-32,34-35,37-38,52H,12-14,18-20,22,45H2,1-11H3/t24-,25-,26-,27+,31+,32?,34-,35-,37-,38+,41-,42-,43-/m1/s1.